The molecule has 0 bridgehead atoms. The largest absolute Gasteiger partial charge is 0.493 e. The Kier molecular flexibility index (Phi) is 4.49. The van der Waals surface area contributed by atoms with Gasteiger partial charge in [-0.15, -0.1) is 0 Å². The molecule has 5 heteroatoms. The van der Waals surface area contributed by atoms with Gasteiger partial charge in [-0.2, -0.15) is 0 Å². The molecule has 3 aromatic rings. The molecule has 0 saturated carbocycles. The molecule has 5 nitrogen and oxygen atoms in total. The molecule has 3 aliphatic rings. The number of rotatable bonds is 4. The van der Waals surface area contributed by atoms with Gasteiger partial charge in [-0.1, -0.05) is 36.4 Å². The third-order valence-electron chi connectivity index (χ3n) is 6.70. The van der Waals surface area contributed by atoms with Crippen LogP contribution in [-0.2, 0) is 12.8 Å². The van der Waals surface area contributed by atoms with Crippen molar-refractivity contribution < 1.29 is 18.9 Å². The summed E-state index contributed by atoms with van der Waals surface area (Å²) < 4.78 is 22.9. The van der Waals surface area contributed by atoms with Crippen LogP contribution in [0.3, 0.4) is 0 Å². The summed E-state index contributed by atoms with van der Waals surface area (Å²) in [6.45, 7) is 1.22. The van der Waals surface area contributed by atoms with Crippen LogP contribution in [0.5, 0.6) is 23.0 Å². The third kappa shape index (κ3) is 2.92. The fraction of sp³-hybridized carbons (Fsp3) is 0.259. The van der Waals surface area contributed by atoms with Crippen LogP contribution in [0.4, 0.5) is 0 Å². The molecule has 0 radical (unpaired) electrons. The van der Waals surface area contributed by atoms with E-state index in [9.17, 15) is 0 Å². The Morgan fingerprint density at radius 1 is 0.969 bits per heavy atom. The average Bonchev–Trinajstić information content (AvgIpc) is 3.30. The van der Waals surface area contributed by atoms with E-state index in [1.165, 1.54) is 33.5 Å². The zero-order valence-electron chi connectivity index (χ0n) is 18.3. The monoisotopic (exact) mass is 427 g/mol. The van der Waals surface area contributed by atoms with E-state index in [1.54, 1.807) is 14.2 Å². The summed E-state index contributed by atoms with van der Waals surface area (Å²) in [5.41, 5.74) is 7.40. The van der Waals surface area contributed by atoms with Gasteiger partial charge in [0.2, 0.25) is 6.79 Å². The van der Waals surface area contributed by atoms with E-state index in [0.717, 1.165) is 42.4 Å². The van der Waals surface area contributed by atoms with Gasteiger partial charge in [0.1, 0.15) is 0 Å². The summed E-state index contributed by atoms with van der Waals surface area (Å²) in [4.78, 5) is 2.52. The highest BCUT2D eigenvalue weighted by Crippen LogP contribution is 2.50. The van der Waals surface area contributed by atoms with Crippen molar-refractivity contribution in [1.29, 1.82) is 0 Å². The molecule has 0 unspecified atom stereocenters. The van der Waals surface area contributed by atoms with Gasteiger partial charge in [-0.05, 0) is 53.8 Å². The molecule has 1 atom stereocenters. The second-order valence-corrected chi connectivity index (χ2v) is 8.35. The molecule has 3 aliphatic heterocycles. The van der Waals surface area contributed by atoms with Gasteiger partial charge in [-0.25, -0.2) is 0 Å². The van der Waals surface area contributed by atoms with Crippen LogP contribution in [-0.4, -0.2) is 32.5 Å². The second kappa shape index (κ2) is 7.52. The number of nitrogens with zero attached hydrogens (tertiary/aromatic N) is 1. The number of ether oxygens (including phenoxy) is 4. The molecule has 0 aromatic heterocycles. The van der Waals surface area contributed by atoms with Crippen molar-refractivity contribution in [3.63, 3.8) is 0 Å². The zero-order chi connectivity index (χ0) is 21.7. The van der Waals surface area contributed by atoms with Gasteiger partial charge in [0.15, 0.2) is 23.0 Å². The SMILES string of the molecule is COc1ccc2c(c1OC)[C@H](Cc1ccccc1)N1CCc3cc4c(cc3C1=C2)OCO4. The summed E-state index contributed by atoms with van der Waals surface area (Å²) >= 11 is 0. The number of hydrogen-bond acceptors (Lipinski definition) is 5. The van der Waals surface area contributed by atoms with Crippen LogP contribution in [0.25, 0.3) is 11.8 Å². The third-order valence-corrected chi connectivity index (χ3v) is 6.70. The van der Waals surface area contributed by atoms with Crippen LogP contribution in [0.15, 0.2) is 54.6 Å². The van der Waals surface area contributed by atoms with Crippen molar-refractivity contribution in [2.75, 3.05) is 27.6 Å². The molecule has 0 fully saturated rings. The Hall–Kier alpha value is -3.60. The summed E-state index contributed by atoms with van der Waals surface area (Å²) in [6.07, 6.45) is 4.11. The summed E-state index contributed by atoms with van der Waals surface area (Å²) in [6, 6.07) is 19.2. The predicted octanol–water partition coefficient (Wildman–Crippen LogP) is 5.09. The van der Waals surface area contributed by atoms with E-state index in [1.807, 2.05) is 6.07 Å². The van der Waals surface area contributed by atoms with Crippen LogP contribution >= 0.6 is 0 Å². The highest BCUT2D eigenvalue weighted by Gasteiger charge is 2.36. The van der Waals surface area contributed by atoms with E-state index in [0.29, 0.717) is 0 Å². The van der Waals surface area contributed by atoms with Gasteiger partial charge >= 0.3 is 0 Å². The first-order valence-corrected chi connectivity index (χ1v) is 11.0. The maximum absolute atomic E-state index is 5.89. The molecule has 0 aliphatic carbocycles. The minimum absolute atomic E-state index is 0.135. The summed E-state index contributed by atoms with van der Waals surface area (Å²) in [7, 11) is 3.42. The van der Waals surface area contributed by atoms with Gasteiger partial charge in [0.25, 0.3) is 0 Å². The summed E-state index contributed by atoms with van der Waals surface area (Å²) in [5.74, 6) is 3.25. The van der Waals surface area contributed by atoms with Gasteiger partial charge < -0.3 is 23.8 Å². The van der Waals surface area contributed by atoms with Crippen molar-refractivity contribution in [3.8, 4) is 23.0 Å². The van der Waals surface area contributed by atoms with Crippen LogP contribution in [0.2, 0.25) is 0 Å². The Bertz CT molecular complexity index is 1220. The molecule has 6 rings (SSSR count). The average molecular weight is 428 g/mol. The molecule has 3 heterocycles. The van der Waals surface area contributed by atoms with E-state index in [2.05, 4.69) is 59.5 Å². The topological polar surface area (TPSA) is 40.2 Å². The van der Waals surface area contributed by atoms with Crippen molar-refractivity contribution in [1.82, 2.24) is 4.90 Å². The number of fused-ring (bicyclic) bond motifs is 5. The molecule has 32 heavy (non-hydrogen) atoms. The van der Waals surface area contributed by atoms with Gasteiger partial charge in [0, 0.05) is 23.4 Å². The Balaban J connectivity index is 1.54. The Morgan fingerprint density at radius 3 is 2.56 bits per heavy atom. The molecular formula is C27H25NO4. The number of benzene rings is 3. The second-order valence-electron chi connectivity index (χ2n) is 8.35. The molecule has 3 aromatic carbocycles. The Morgan fingerprint density at radius 2 is 1.78 bits per heavy atom. The van der Waals surface area contributed by atoms with Gasteiger partial charge in [0.05, 0.1) is 20.3 Å². The molecule has 0 saturated heterocycles. The van der Waals surface area contributed by atoms with Crippen molar-refractivity contribution >= 4 is 11.8 Å². The molecule has 162 valence electrons. The number of hydrogen-bond donors (Lipinski definition) is 0. The van der Waals surface area contributed by atoms with Crippen molar-refractivity contribution in [2.24, 2.45) is 0 Å². The highest BCUT2D eigenvalue weighted by molar-refractivity contribution is 5.88. The molecule has 0 spiro atoms. The normalized spacial score (nSPS) is 17.8. The van der Waals surface area contributed by atoms with E-state index in [-0.39, 0.29) is 12.8 Å². The van der Waals surface area contributed by atoms with Gasteiger partial charge in [-0.3, -0.25) is 0 Å². The maximum atomic E-state index is 5.89. The van der Waals surface area contributed by atoms with Crippen molar-refractivity contribution in [2.45, 2.75) is 18.9 Å². The van der Waals surface area contributed by atoms with Crippen molar-refractivity contribution in [3.05, 3.63) is 82.4 Å². The lowest BCUT2D eigenvalue weighted by molar-refractivity contribution is 0.174. The lowest BCUT2D eigenvalue weighted by Crippen LogP contribution is -2.36. The maximum Gasteiger partial charge on any atom is 0.231 e. The standard InChI is InChI=1S/C27H25NO4/c1-29-23-9-8-19-13-21-20-15-25-24(31-16-32-25)14-18(20)10-11-28(21)22(26(19)27(23)30-2)12-17-6-4-3-5-7-17/h3-9,13-15,22H,10-12,16H2,1-2H3/t22-/m0/s1. The lowest BCUT2D eigenvalue weighted by Gasteiger charge is -2.43. The van der Waals surface area contributed by atoms with Crippen LogP contribution in [0, 0.1) is 0 Å². The number of methoxy groups -OCH3 is 2. The fourth-order valence-corrected chi connectivity index (χ4v) is 5.22. The minimum atomic E-state index is 0.135. The first kappa shape index (κ1) is 19.1. The van der Waals surface area contributed by atoms with E-state index < -0.39 is 0 Å². The molecule has 0 amide bonds. The molecule has 0 N–H and O–H groups in total. The van der Waals surface area contributed by atoms with Crippen LogP contribution < -0.4 is 18.9 Å². The smallest absolute Gasteiger partial charge is 0.231 e. The zero-order valence-corrected chi connectivity index (χ0v) is 18.3. The first-order chi connectivity index (χ1) is 15.8. The lowest BCUT2D eigenvalue weighted by atomic mass is 9.84. The highest BCUT2D eigenvalue weighted by atomic mass is 16.7. The fourth-order valence-electron chi connectivity index (χ4n) is 5.22. The quantitative estimate of drug-likeness (QED) is 0.580. The minimum Gasteiger partial charge on any atom is -0.493 e. The Labute approximate surface area is 187 Å². The predicted molar refractivity (Wildman–Crippen MR) is 123 cm³/mol. The molecular weight excluding hydrogens is 402 g/mol. The van der Waals surface area contributed by atoms with E-state index in [4.69, 9.17) is 18.9 Å². The first-order valence-electron chi connectivity index (χ1n) is 11.0. The summed E-state index contributed by atoms with van der Waals surface area (Å²) in [5, 5.41) is 0. The van der Waals surface area contributed by atoms with E-state index >= 15 is 0 Å². The van der Waals surface area contributed by atoms with Crippen LogP contribution in [0.1, 0.15) is 33.9 Å².